The lowest BCUT2D eigenvalue weighted by Gasteiger charge is -2.26. The summed E-state index contributed by atoms with van der Waals surface area (Å²) in [6, 6.07) is 29.7. The summed E-state index contributed by atoms with van der Waals surface area (Å²) < 4.78 is 15.3. The summed E-state index contributed by atoms with van der Waals surface area (Å²) >= 11 is 13.8. The lowest BCUT2D eigenvalue weighted by atomic mass is 9.93. The SMILES string of the molecule is CCOC(=O)C1=C(c2ccccc2)N=c2s/c(=C/c3cn(Cc4ccc(Cl)c(Cl)c4)c4ccccc34)c(=O)n2[C@@H]1c1cccc(OC)c1. The molecule has 0 amide bonds. The molecule has 0 unspecified atom stereocenters. The molecular formula is C38H29Cl2N3O4S. The van der Waals surface area contributed by atoms with Gasteiger partial charge in [-0.1, -0.05) is 101 Å². The first-order valence-electron chi connectivity index (χ1n) is 15.3. The van der Waals surface area contributed by atoms with Gasteiger partial charge in [0.05, 0.1) is 45.6 Å². The molecule has 0 spiro atoms. The number of rotatable bonds is 8. The normalized spacial score (nSPS) is 14.6. The number of hydrogen-bond donors (Lipinski definition) is 0. The van der Waals surface area contributed by atoms with Gasteiger partial charge >= 0.3 is 5.97 Å². The fourth-order valence-corrected chi connectivity index (χ4v) is 7.38. The number of carbonyl (C=O) groups excluding carboxylic acids is 1. The number of thiazole rings is 1. The van der Waals surface area contributed by atoms with Crippen LogP contribution in [0.2, 0.25) is 10.0 Å². The van der Waals surface area contributed by atoms with Crippen LogP contribution in [-0.4, -0.2) is 28.8 Å². The van der Waals surface area contributed by atoms with Crippen LogP contribution in [0, 0.1) is 0 Å². The van der Waals surface area contributed by atoms with Crippen molar-refractivity contribution in [3.63, 3.8) is 0 Å². The molecule has 6 aromatic rings. The van der Waals surface area contributed by atoms with E-state index in [0.29, 0.717) is 42.9 Å². The van der Waals surface area contributed by atoms with Gasteiger partial charge in [0.25, 0.3) is 5.56 Å². The van der Waals surface area contributed by atoms with Crippen molar-refractivity contribution >= 4 is 63.2 Å². The molecule has 0 bridgehead atoms. The molecule has 0 aliphatic carbocycles. The summed E-state index contributed by atoms with van der Waals surface area (Å²) in [5, 5.41) is 1.99. The molecule has 10 heteroatoms. The van der Waals surface area contributed by atoms with Crippen molar-refractivity contribution in [1.29, 1.82) is 0 Å². The number of para-hydroxylation sites is 1. The Hall–Kier alpha value is -4.89. The first-order valence-corrected chi connectivity index (χ1v) is 16.9. The van der Waals surface area contributed by atoms with Crippen molar-refractivity contribution in [3.8, 4) is 5.75 Å². The van der Waals surface area contributed by atoms with Crippen LogP contribution in [0.25, 0.3) is 22.7 Å². The maximum atomic E-state index is 14.5. The molecule has 240 valence electrons. The molecule has 0 radical (unpaired) electrons. The van der Waals surface area contributed by atoms with Crippen LogP contribution >= 0.6 is 34.5 Å². The quantitative estimate of drug-likeness (QED) is 0.157. The third kappa shape index (κ3) is 5.87. The Kier molecular flexibility index (Phi) is 8.79. The minimum atomic E-state index is -0.802. The zero-order valence-corrected chi connectivity index (χ0v) is 28.4. The molecule has 3 heterocycles. The van der Waals surface area contributed by atoms with Crippen LogP contribution in [0.3, 0.4) is 0 Å². The van der Waals surface area contributed by atoms with Crippen molar-refractivity contribution < 1.29 is 14.3 Å². The molecule has 0 fully saturated rings. The molecule has 48 heavy (non-hydrogen) atoms. The summed E-state index contributed by atoms with van der Waals surface area (Å²) in [5.74, 6) is 0.0680. The molecule has 2 aromatic heterocycles. The van der Waals surface area contributed by atoms with Gasteiger partial charge in [-0.05, 0) is 54.5 Å². The van der Waals surface area contributed by atoms with E-state index in [1.807, 2.05) is 103 Å². The molecule has 1 aliphatic rings. The maximum Gasteiger partial charge on any atom is 0.338 e. The molecule has 4 aromatic carbocycles. The molecule has 7 nitrogen and oxygen atoms in total. The van der Waals surface area contributed by atoms with Crippen LogP contribution in [0.5, 0.6) is 5.75 Å². The van der Waals surface area contributed by atoms with Gasteiger partial charge in [0.2, 0.25) is 0 Å². The van der Waals surface area contributed by atoms with Crippen LogP contribution in [0.15, 0.2) is 119 Å². The maximum absolute atomic E-state index is 14.5. The van der Waals surface area contributed by atoms with E-state index in [0.717, 1.165) is 27.6 Å². The van der Waals surface area contributed by atoms with E-state index in [-0.39, 0.29) is 17.7 Å². The highest BCUT2D eigenvalue weighted by molar-refractivity contribution is 7.07. The van der Waals surface area contributed by atoms with Crippen LogP contribution in [-0.2, 0) is 16.1 Å². The number of hydrogen-bond acceptors (Lipinski definition) is 6. The summed E-state index contributed by atoms with van der Waals surface area (Å²) in [7, 11) is 1.58. The topological polar surface area (TPSA) is 74.8 Å². The van der Waals surface area contributed by atoms with Crippen molar-refractivity contribution in [2.24, 2.45) is 4.99 Å². The second-order valence-electron chi connectivity index (χ2n) is 11.2. The number of ether oxygens (including phenoxy) is 2. The smallest absolute Gasteiger partial charge is 0.338 e. The summed E-state index contributed by atoms with van der Waals surface area (Å²) in [6.07, 6.45) is 3.93. The Bertz CT molecular complexity index is 2410. The van der Waals surface area contributed by atoms with Crippen LogP contribution < -0.4 is 19.6 Å². The number of benzene rings is 4. The zero-order valence-electron chi connectivity index (χ0n) is 26.0. The lowest BCUT2D eigenvalue weighted by Crippen LogP contribution is -2.40. The summed E-state index contributed by atoms with van der Waals surface area (Å²) in [4.78, 5) is 33.7. The molecular weight excluding hydrogens is 665 g/mol. The average Bonchev–Trinajstić information content (AvgIpc) is 3.61. The van der Waals surface area contributed by atoms with Gasteiger partial charge in [-0.3, -0.25) is 9.36 Å². The number of nitrogens with zero attached hydrogens (tertiary/aromatic N) is 3. The fourth-order valence-electron chi connectivity index (χ4n) is 6.06. The fraction of sp³-hybridized carbons (Fsp3) is 0.132. The minimum absolute atomic E-state index is 0.173. The lowest BCUT2D eigenvalue weighted by molar-refractivity contribution is -0.138. The van der Waals surface area contributed by atoms with E-state index < -0.39 is 12.0 Å². The van der Waals surface area contributed by atoms with E-state index in [2.05, 4.69) is 4.57 Å². The second kappa shape index (κ2) is 13.3. The van der Waals surface area contributed by atoms with Gasteiger partial charge in [-0.2, -0.15) is 0 Å². The molecule has 1 aliphatic heterocycles. The minimum Gasteiger partial charge on any atom is -0.497 e. The predicted octanol–water partition coefficient (Wildman–Crippen LogP) is 7.25. The third-order valence-corrected chi connectivity index (χ3v) is 9.95. The molecule has 1 atom stereocenters. The van der Waals surface area contributed by atoms with Gasteiger partial charge in [0.15, 0.2) is 4.80 Å². The van der Waals surface area contributed by atoms with Crippen molar-refractivity contribution in [2.45, 2.75) is 19.5 Å². The first kappa shape index (κ1) is 31.7. The van der Waals surface area contributed by atoms with Crippen LogP contribution in [0.4, 0.5) is 0 Å². The largest absolute Gasteiger partial charge is 0.497 e. The average molecular weight is 695 g/mol. The number of esters is 1. The summed E-state index contributed by atoms with van der Waals surface area (Å²) in [6.45, 7) is 2.49. The number of fused-ring (bicyclic) bond motifs is 2. The van der Waals surface area contributed by atoms with Gasteiger partial charge in [-0.25, -0.2) is 9.79 Å². The van der Waals surface area contributed by atoms with E-state index in [1.54, 1.807) is 24.7 Å². The number of carbonyl (C=O) groups is 1. The Morgan fingerprint density at radius 3 is 2.52 bits per heavy atom. The molecule has 0 saturated heterocycles. The van der Waals surface area contributed by atoms with E-state index >= 15 is 0 Å². The second-order valence-corrected chi connectivity index (χ2v) is 13.0. The highest BCUT2D eigenvalue weighted by Gasteiger charge is 2.35. The Morgan fingerprint density at radius 2 is 1.75 bits per heavy atom. The number of methoxy groups -OCH3 is 1. The van der Waals surface area contributed by atoms with Crippen molar-refractivity contribution in [2.75, 3.05) is 13.7 Å². The summed E-state index contributed by atoms with van der Waals surface area (Å²) in [5.41, 5.74) is 4.81. The van der Waals surface area contributed by atoms with E-state index in [4.69, 9.17) is 37.7 Å². The third-order valence-electron chi connectivity index (χ3n) is 8.23. The standard InChI is InChI=1S/C38H29Cl2N3O4S/c1-3-47-37(45)33-34(24-10-5-4-6-11-24)41-38-43(35(33)25-12-9-13-27(19-25)46-2)36(44)32(48-38)20-26-22-42(31-15-8-7-14-28(26)31)21-23-16-17-29(39)30(40)18-23/h4-20,22,35H,3,21H2,1-2H3/b32-20+/t35-/m1/s1. The first-order chi connectivity index (χ1) is 23.4. The predicted molar refractivity (Wildman–Crippen MR) is 192 cm³/mol. The highest BCUT2D eigenvalue weighted by Crippen LogP contribution is 2.36. The van der Waals surface area contributed by atoms with Crippen LogP contribution in [0.1, 0.15) is 35.2 Å². The highest BCUT2D eigenvalue weighted by atomic mass is 35.5. The Morgan fingerprint density at radius 1 is 0.958 bits per heavy atom. The zero-order chi connectivity index (χ0) is 33.4. The van der Waals surface area contributed by atoms with E-state index in [9.17, 15) is 9.59 Å². The Labute approximate surface area is 290 Å². The van der Waals surface area contributed by atoms with Gasteiger partial charge in [0, 0.05) is 34.8 Å². The number of aromatic nitrogens is 2. The molecule has 0 saturated carbocycles. The molecule has 7 rings (SSSR count). The van der Waals surface area contributed by atoms with Gasteiger partial charge in [-0.15, -0.1) is 0 Å². The molecule has 0 N–H and O–H groups in total. The van der Waals surface area contributed by atoms with Gasteiger partial charge in [0.1, 0.15) is 5.75 Å². The number of halogens is 2. The van der Waals surface area contributed by atoms with Crippen molar-refractivity contribution in [1.82, 2.24) is 9.13 Å². The Balaban J connectivity index is 1.44. The van der Waals surface area contributed by atoms with E-state index in [1.165, 1.54) is 11.3 Å². The van der Waals surface area contributed by atoms with Gasteiger partial charge < -0.3 is 14.0 Å². The monoisotopic (exact) mass is 693 g/mol. The van der Waals surface area contributed by atoms with Crippen molar-refractivity contribution in [3.05, 3.63) is 161 Å².